The van der Waals surface area contributed by atoms with Crippen LogP contribution in [0.5, 0.6) is 0 Å². The third-order valence-electron chi connectivity index (χ3n) is 4.55. The predicted octanol–water partition coefficient (Wildman–Crippen LogP) is 3.00. The number of sulfonamides is 1. The normalized spacial score (nSPS) is 14.4. The Morgan fingerprint density at radius 2 is 1.63 bits per heavy atom. The number of anilines is 4. The van der Waals surface area contributed by atoms with Crippen molar-refractivity contribution in [3.8, 4) is 0 Å². The van der Waals surface area contributed by atoms with Gasteiger partial charge in [0.15, 0.2) is 5.82 Å². The molecule has 8 nitrogen and oxygen atoms in total. The molecule has 0 bridgehead atoms. The molecule has 0 saturated carbocycles. The van der Waals surface area contributed by atoms with Crippen LogP contribution in [0.25, 0.3) is 0 Å². The van der Waals surface area contributed by atoms with Crippen LogP contribution in [0.3, 0.4) is 0 Å². The molecular weight excluding hydrogens is 409 g/mol. The standard InChI is InChI=1S/C20H20FN5O3S/c21-15-1-7-19(8-2-15)30(27,28)25-17-5-3-16(4-6-17)23-20-13-18(14-22-24-20)26-9-11-29-12-10-26/h1-8,13-14,25H,9-12H2,(H,23,24). The minimum Gasteiger partial charge on any atom is -0.378 e. The van der Waals surface area contributed by atoms with Crippen LogP contribution in [0.4, 0.5) is 27.3 Å². The molecule has 0 unspecified atom stereocenters. The van der Waals surface area contributed by atoms with E-state index in [4.69, 9.17) is 4.74 Å². The van der Waals surface area contributed by atoms with Crippen LogP contribution in [-0.4, -0.2) is 44.9 Å². The van der Waals surface area contributed by atoms with Gasteiger partial charge in [0.05, 0.1) is 30.0 Å². The number of hydrogen-bond acceptors (Lipinski definition) is 7. The van der Waals surface area contributed by atoms with Crippen LogP contribution in [0.1, 0.15) is 0 Å². The summed E-state index contributed by atoms with van der Waals surface area (Å²) in [5.41, 5.74) is 2.07. The fourth-order valence-corrected chi connectivity index (χ4v) is 4.07. The van der Waals surface area contributed by atoms with Crippen molar-refractivity contribution in [2.45, 2.75) is 4.90 Å². The van der Waals surface area contributed by atoms with E-state index in [-0.39, 0.29) is 4.90 Å². The van der Waals surface area contributed by atoms with Crippen LogP contribution < -0.4 is 14.9 Å². The smallest absolute Gasteiger partial charge is 0.261 e. The van der Waals surface area contributed by atoms with Gasteiger partial charge in [-0.3, -0.25) is 4.72 Å². The Hall–Kier alpha value is -3.24. The van der Waals surface area contributed by atoms with E-state index in [0.717, 1.165) is 36.6 Å². The Kier molecular flexibility index (Phi) is 5.77. The Bertz CT molecular complexity index is 1100. The van der Waals surface area contributed by atoms with Crippen LogP contribution in [0.2, 0.25) is 0 Å². The molecule has 0 amide bonds. The van der Waals surface area contributed by atoms with Crippen LogP contribution in [0.15, 0.2) is 65.7 Å². The number of morpholine rings is 1. The first-order valence-corrected chi connectivity index (χ1v) is 10.8. The quantitative estimate of drug-likeness (QED) is 0.622. The monoisotopic (exact) mass is 429 g/mol. The molecule has 2 aromatic carbocycles. The van der Waals surface area contributed by atoms with E-state index < -0.39 is 15.8 Å². The molecule has 1 fully saturated rings. The maximum Gasteiger partial charge on any atom is 0.261 e. The zero-order chi connectivity index (χ0) is 21.0. The van der Waals surface area contributed by atoms with Crippen molar-refractivity contribution in [2.75, 3.05) is 41.2 Å². The number of benzene rings is 2. The molecule has 1 aliphatic heterocycles. The summed E-state index contributed by atoms with van der Waals surface area (Å²) in [4.78, 5) is 2.16. The highest BCUT2D eigenvalue weighted by Crippen LogP contribution is 2.23. The molecule has 30 heavy (non-hydrogen) atoms. The number of nitrogens with zero attached hydrogens (tertiary/aromatic N) is 3. The highest BCUT2D eigenvalue weighted by atomic mass is 32.2. The molecule has 0 aliphatic carbocycles. The summed E-state index contributed by atoms with van der Waals surface area (Å²) in [5, 5.41) is 11.3. The van der Waals surface area contributed by atoms with Crippen molar-refractivity contribution in [3.63, 3.8) is 0 Å². The highest BCUT2D eigenvalue weighted by molar-refractivity contribution is 7.92. The van der Waals surface area contributed by atoms with E-state index in [9.17, 15) is 12.8 Å². The second-order valence-electron chi connectivity index (χ2n) is 6.66. The molecule has 0 radical (unpaired) electrons. The lowest BCUT2D eigenvalue weighted by atomic mass is 10.3. The van der Waals surface area contributed by atoms with Gasteiger partial charge in [-0.15, -0.1) is 5.10 Å². The van der Waals surface area contributed by atoms with Gasteiger partial charge in [-0.1, -0.05) is 0 Å². The summed E-state index contributed by atoms with van der Waals surface area (Å²) in [7, 11) is -3.80. The van der Waals surface area contributed by atoms with Crippen molar-refractivity contribution in [2.24, 2.45) is 0 Å². The van der Waals surface area contributed by atoms with E-state index in [2.05, 4.69) is 25.1 Å². The molecule has 2 heterocycles. The van der Waals surface area contributed by atoms with Gasteiger partial charge in [0.2, 0.25) is 0 Å². The summed E-state index contributed by atoms with van der Waals surface area (Å²) >= 11 is 0. The van der Waals surface area contributed by atoms with Gasteiger partial charge in [0, 0.05) is 30.5 Å². The average molecular weight is 429 g/mol. The SMILES string of the molecule is O=S(=O)(Nc1ccc(Nc2cc(N3CCOCC3)cnn2)cc1)c1ccc(F)cc1. The van der Waals surface area contributed by atoms with E-state index in [0.29, 0.717) is 24.7 Å². The number of aromatic nitrogens is 2. The van der Waals surface area contributed by atoms with Crippen molar-refractivity contribution >= 4 is 32.9 Å². The molecule has 1 aliphatic rings. The van der Waals surface area contributed by atoms with Gasteiger partial charge in [0.1, 0.15) is 5.82 Å². The minimum absolute atomic E-state index is 0.0127. The molecule has 4 rings (SSSR count). The molecule has 156 valence electrons. The summed E-state index contributed by atoms with van der Waals surface area (Å²) in [6, 6.07) is 13.3. The Labute approximate surface area is 173 Å². The van der Waals surface area contributed by atoms with Crippen LogP contribution in [0, 0.1) is 5.82 Å². The summed E-state index contributed by atoms with van der Waals surface area (Å²) < 4.78 is 45.6. The second kappa shape index (κ2) is 8.64. The van der Waals surface area contributed by atoms with Gasteiger partial charge in [0.25, 0.3) is 10.0 Å². The van der Waals surface area contributed by atoms with Crippen molar-refractivity contribution < 1.29 is 17.5 Å². The first kappa shape index (κ1) is 20.0. The molecular formula is C20H20FN5O3S. The molecule has 3 aromatic rings. The maximum atomic E-state index is 13.0. The zero-order valence-electron chi connectivity index (χ0n) is 16.0. The number of rotatable bonds is 6. The van der Waals surface area contributed by atoms with Crippen LogP contribution in [-0.2, 0) is 14.8 Å². The Morgan fingerprint density at radius 1 is 0.967 bits per heavy atom. The zero-order valence-corrected chi connectivity index (χ0v) is 16.8. The number of hydrogen-bond donors (Lipinski definition) is 2. The fourth-order valence-electron chi connectivity index (χ4n) is 3.01. The van der Waals surface area contributed by atoms with E-state index in [1.807, 2.05) is 6.07 Å². The molecule has 0 spiro atoms. The lowest BCUT2D eigenvalue weighted by Gasteiger charge is -2.28. The summed E-state index contributed by atoms with van der Waals surface area (Å²) in [6.07, 6.45) is 1.71. The van der Waals surface area contributed by atoms with E-state index in [1.165, 1.54) is 12.1 Å². The summed E-state index contributed by atoms with van der Waals surface area (Å²) in [6.45, 7) is 2.96. The Morgan fingerprint density at radius 3 is 2.33 bits per heavy atom. The first-order chi connectivity index (χ1) is 14.5. The molecule has 1 aromatic heterocycles. The minimum atomic E-state index is -3.80. The van der Waals surface area contributed by atoms with Gasteiger partial charge < -0.3 is 15.0 Å². The number of nitrogens with one attached hydrogen (secondary N) is 2. The maximum absolute atomic E-state index is 13.0. The van der Waals surface area contributed by atoms with E-state index in [1.54, 1.807) is 30.5 Å². The van der Waals surface area contributed by atoms with Gasteiger partial charge in [-0.25, -0.2) is 12.8 Å². The average Bonchev–Trinajstić information content (AvgIpc) is 2.76. The summed E-state index contributed by atoms with van der Waals surface area (Å²) in [5.74, 6) is 0.0869. The predicted molar refractivity (Wildman–Crippen MR) is 112 cm³/mol. The molecule has 10 heteroatoms. The lowest BCUT2D eigenvalue weighted by Crippen LogP contribution is -2.36. The first-order valence-electron chi connectivity index (χ1n) is 9.30. The van der Waals surface area contributed by atoms with E-state index >= 15 is 0 Å². The van der Waals surface area contributed by atoms with Crippen molar-refractivity contribution in [1.82, 2.24) is 10.2 Å². The third-order valence-corrected chi connectivity index (χ3v) is 5.95. The molecule has 2 N–H and O–H groups in total. The number of halogens is 1. The molecule has 1 saturated heterocycles. The van der Waals surface area contributed by atoms with Crippen LogP contribution >= 0.6 is 0 Å². The van der Waals surface area contributed by atoms with Gasteiger partial charge in [-0.2, -0.15) is 5.10 Å². The van der Waals surface area contributed by atoms with Gasteiger partial charge >= 0.3 is 0 Å². The topological polar surface area (TPSA) is 96.5 Å². The van der Waals surface area contributed by atoms with Gasteiger partial charge in [-0.05, 0) is 48.5 Å². The molecule has 0 atom stereocenters. The van der Waals surface area contributed by atoms with Crippen molar-refractivity contribution in [1.29, 1.82) is 0 Å². The second-order valence-corrected chi connectivity index (χ2v) is 8.34. The largest absolute Gasteiger partial charge is 0.378 e. The Balaban J connectivity index is 1.43. The highest BCUT2D eigenvalue weighted by Gasteiger charge is 2.15. The fraction of sp³-hybridized carbons (Fsp3) is 0.200. The third kappa shape index (κ3) is 4.84. The number of ether oxygens (including phenoxy) is 1. The van der Waals surface area contributed by atoms with Crippen molar-refractivity contribution in [3.05, 3.63) is 66.6 Å². The lowest BCUT2D eigenvalue weighted by molar-refractivity contribution is 0.122.